The van der Waals surface area contributed by atoms with Gasteiger partial charge in [-0.2, -0.15) is 0 Å². The zero-order valence-corrected chi connectivity index (χ0v) is 10.7. The monoisotopic (exact) mass is 269 g/mol. The van der Waals surface area contributed by atoms with E-state index in [9.17, 15) is 14.4 Å². The van der Waals surface area contributed by atoms with Crippen LogP contribution in [0.3, 0.4) is 0 Å². The van der Waals surface area contributed by atoms with E-state index in [-0.39, 0.29) is 0 Å². The molecule has 1 atom stereocenters. The van der Waals surface area contributed by atoms with Gasteiger partial charge in [-0.25, -0.2) is 4.79 Å². The zero-order chi connectivity index (χ0) is 14.3. The number of amides is 2. The van der Waals surface area contributed by atoms with Crippen molar-refractivity contribution in [2.24, 2.45) is 5.41 Å². The third kappa shape index (κ3) is 1.53. The molecule has 3 aliphatic rings. The smallest absolute Gasteiger partial charge is 0.330 e. The van der Waals surface area contributed by atoms with Crippen molar-refractivity contribution in [1.29, 1.82) is 0 Å². The molecular formula is C15H11NO4. The van der Waals surface area contributed by atoms with Crippen LogP contribution in [0.2, 0.25) is 0 Å². The summed E-state index contributed by atoms with van der Waals surface area (Å²) in [5.41, 5.74) is 0.241. The minimum absolute atomic E-state index is 0.530. The molecule has 5 nitrogen and oxygen atoms in total. The van der Waals surface area contributed by atoms with Gasteiger partial charge in [0.05, 0.1) is 0 Å². The van der Waals surface area contributed by atoms with Gasteiger partial charge in [-0.3, -0.25) is 9.59 Å². The molecule has 5 heteroatoms. The van der Waals surface area contributed by atoms with E-state index in [1.165, 1.54) is 6.08 Å². The highest BCUT2D eigenvalue weighted by Gasteiger charge is 2.51. The Morgan fingerprint density at radius 2 is 1.90 bits per heavy atom. The molecule has 20 heavy (non-hydrogen) atoms. The molecule has 0 saturated carbocycles. The zero-order valence-electron chi connectivity index (χ0n) is 10.7. The number of hydrogen-bond donors (Lipinski definition) is 0. The molecule has 0 bridgehead atoms. The van der Waals surface area contributed by atoms with Gasteiger partial charge in [0.1, 0.15) is 5.41 Å². The lowest BCUT2D eigenvalue weighted by atomic mass is 9.67. The van der Waals surface area contributed by atoms with Crippen LogP contribution in [0.5, 0.6) is 0 Å². The fourth-order valence-corrected chi connectivity index (χ4v) is 2.57. The topological polar surface area (TPSA) is 63.7 Å². The predicted molar refractivity (Wildman–Crippen MR) is 69.6 cm³/mol. The van der Waals surface area contributed by atoms with Crippen molar-refractivity contribution in [3.8, 4) is 0 Å². The van der Waals surface area contributed by atoms with Crippen LogP contribution >= 0.6 is 0 Å². The summed E-state index contributed by atoms with van der Waals surface area (Å²) >= 11 is 0. The molecule has 0 radical (unpaired) electrons. The van der Waals surface area contributed by atoms with E-state index in [4.69, 9.17) is 4.84 Å². The summed E-state index contributed by atoms with van der Waals surface area (Å²) in [5, 5.41) is 0.530. The summed E-state index contributed by atoms with van der Waals surface area (Å²) in [6, 6.07) is 0. The van der Waals surface area contributed by atoms with Gasteiger partial charge in [0.15, 0.2) is 0 Å². The summed E-state index contributed by atoms with van der Waals surface area (Å²) in [4.78, 5) is 40.4. The predicted octanol–water partition coefficient (Wildman–Crippen LogP) is 1.37. The van der Waals surface area contributed by atoms with Gasteiger partial charge in [-0.15, -0.1) is 0 Å². The Morgan fingerprint density at radius 1 is 1.15 bits per heavy atom. The van der Waals surface area contributed by atoms with Gasteiger partial charge in [0.25, 0.3) is 11.8 Å². The maximum Gasteiger partial charge on any atom is 0.330 e. The molecule has 2 amide bonds. The van der Waals surface area contributed by atoms with Gasteiger partial charge in [-0.1, -0.05) is 47.6 Å². The Kier molecular flexibility index (Phi) is 2.57. The van der Waals surface area contributed by atoms with Gasteiger partial charge in [0, 0.05) is 13.0 Å². The molecule has 100 valence electrons. The number of carbonyl (C=O) groups excluding carboxylic acids is 3. The van der Waals surface area contributed by atoms with Crippen molar-refractivity contribution < 1.29 is 19.2 Å². The van der Waals surface area contributed by atoms with Crippen LogP contribution in [0.15, 0.2) is 59.8 Å². The van der Waals surface area contributed by atoms with E-state index in [1.54, 1.807) is 36.5 Å². The molecule has 0 aromatic carbocycles. The first-order valence-electron chi connectivity index (χ1n) is 6.10. The first kappa shape index (κ1) is 12.3. The standard InChI is InChI=1S/C15H11NO4/c1-10(17)20-16-13(18)9-12-7-4-6-11-5-2-3-8-15(11,12)14(16)19/h2-9H,1H3. The fourth-order valence-electron chi connectivity index (χ4n) is 2.57. The summed E-state index contributed by atoms with van der Waals surface area (Å²) in [6.07, 6.45) is 13.7. The van der Waals surface area contributed by atoms with Crippen LogP contribution in [0, 0.1) is 5.41 Å². The van der Waals surface area contributed by atoms with Crippen LogP contribution < -0.4 is 0 Å². The highest BCUT2D eigenvalue weighted by atomic mass is 16.7. The molecule has 0 saturated heterocycles. The van der Waals surface area contributed by atoms with E-state index in [0.717, 1.165) is 12.5 Å². The lowest BCUT2D eigenvalue weighted by molar-refractivity contribution is -0.202. The van der Waals surface area contributed by atoms with E-state index in [2.05, 4.69) is 0 Å². The number of imide groups is 1. The van der Waals surface area contributed by atoms with E-state index in [0.29, 0.717) is 10.6 Å². The van der Waals surface area contributed by atoms with Crippen molar-refractivity contribution in [2.75, 3.05) is 0 Å². The third-order valence-corrected chi connectivity index (χ3v) is 3.42. The lowest BCUT2D eigenvalue weighted by Crippen LogP contribution is -2.52. The number of nitrogens with zero attached hydrogens (tertiary/aromatic N) is 1. The van der Waals surface area contributed by atoms with Crippen LogP contribution in [-0.4, -0.2) is 22.8 Å². The number of hydrogen-bond acceptors (Lipinski definition) is 4. The maximum atomic E-state index is 12.7. The Bertz CT molecular complexity index is 678. The molecule has 1 aliphatic heterocycles. The van der Waals surface area contributed by atoms with Crippen LogP contribution in [0.4, 0.5) is 0 Å². The minimum atomic E-state index is -1.08. The molecular weight excluding hydrogens is 258 g/mol. The molecule has 1 unspecified atom stereocenters. The first-order valence-corrected chi connectivity index (χ1v) is 6.10. The largest absolute Gasteiger partial charge is 0.330 e. The SMILES string of the molecule is CC(=O)ON1C(=O)C=C2C=CC=C3C=CC=CC32C1=O. The van der Waals surface area contributed by atoms with Crippen molar-refractivity contribution in [3.05, 3.63) is 59.8 Å². The summed E-state index contributed by atoms with van der Waals surface area (Å²) < 4.78 is 0. The highest BCUT2D eigenvalue weighted by molar-refractivity contribution is 6.11. The minimum Gasteiger partial charge on any atom is -0.330 e. The second-order valence-electron chi connectivity index (χ2n) is 4.63. The van der Waals surface area contributed by atoms with E-state index < -0.39 is 23.2 Å². The molecule has 3 rings (SSSR count). The molecule has 0 aromatic heterocycles. The maximum absolute atomic E-state index is 12.7. The third-order valence-electron chi connectivity index (χ3n) is 3.42. The lowest BCUT2D eigenvalue weighted by Gasteiger charge is -2.40. The van der Waals surface area contributed by atoms with Gasteiger partial charge in [-0.05, 0) is 11.1 Å². The Balaban J connectivity index is 2.16. The number of carbonyl (C=O) groups is 3. The molecule has 0 aromatic rings. The Labute approximate surface area is 115 Å². The first-order chi connectivity index (χ1) is 9.55. The van der Waals surface area contributed by atoms with Crippen molar-refractivity contribution in [3.63, 3.8) is 0 Å². The normalized spacial score (nSPS) is 26.8. The van der Waals surface area contributed by atoms with Gasteiger partial charge < -0.3 is 4.84 Å². The van der Waals surface area contributed by atoms with Gasteiger partial charge >= 0.3 is 5.97 Å². The number of rotatable bonds is 1. The van der Waals surface area contributed by atoms with Crippen molar-refractivity contribution >= 4 is 17.8 Å². The highest BCUT2D eigenvalue weighted by Crippen LogP contribution is 2.46. The van der Waals surface area contributed by atoms with Crippen LogP contribution in [0.1, 0.15) is 6.92 Å². The van der Waals surface area contributed by atoms with Crippen molar-refractivity contribution in [1.82, 2.24) is 5.06 Å². The molecule has 1 spiro atoms. The van der Waals surface area contributed by atoms with Crippen LogP contribution in [-0.2, 0) is 19.2 Å². The van der Waals surface area contributed by atoms with Crippen LogP contribution in [0.25, 0.3) is 0 Å². The molecule has 1 heterocycles. The Morgan fingerprint density at radius 3 is 2.65 bits per heavy atom. The molecule has 0 N–H and O–H groups in total. The second kappa shape index (κ2) is 4.16. The summed E-state index contributed by atoms with van der Waals surface area (Å²) in [7, 11) is 0. The number of allylic oxidation sites excluding steroid dienone is 6. The average molecular weight is 269 g/mol. The van der Waals surface area contributed by atoms with Crippen molar-refractivity contribution in [2.45, 2.75) is 6.92 Å². The average Bonchev–Trinajstić information content (AvgIpc) is 2.43. The Hall–Kier alpha value is -2.69. The summed E-state index contributed by atoms with van der Waals surface area (Å²) in [5.74, 6) is -1.95. The molecule has 0 fully saturated rings. The quantitative estimate of drug-likeness (QED) is 0.674. The molecule has 2 aliphatic carbocycles. The van der Waals surface area contributed by atoms with E-state index >= 15 is 0 Å². The number of hydroxylamine groups is 2. The second-order valence-corrected chi connectivity index (χ2v) is 4.63. The van der Waals surface area contributed by atoms with Gasteiger partial charge in [0.2, 0.25) is 0 Å². The fraction of sp³-hybridized carbons (Fsp3) is 0.133. The van der Waals surface area contributed by atoms with E-state index in [1.807, 2.05) is 6.08 Å². The summed E-state index contributed by atoms with van der Waals surface area (Å²) in [6.45, 7) is 1.14.